The van der Waals surface area contributed by atoms with Gasteiger partial charge in [-0.15, -0.1) is 5.10 Å². The minimum Gasteiger partial charge on any atom is -0.353 e. The number of carbonyl (C=O) groups is 1. The second-order valence-corrected chi connectivity index (χ2v) is 7.38. The molecule has 1 amide bonds. The van der Waals surface area contributed by atoms with Crippen LogP contribution in [0.3, 0.4) is 0 Å². The van der Waals surface area contributed by atoms with Crippen LogP contribution >= 0.6 is 0 Å². The van der Waals surface area contributed by atoms with Crippen molar-refractivity contribution in [1.29, 1.82) is 0 Å². The topological polar surface area (TPSA) is 99.6 Å². The van der Waals surface area contributed by atoms with Crippen molar-refractivity contribution in [2.45, 2.75) is 32.0 Å². The number of aromatic nitrogens is 6. The summed E-state index contributed by atoms with van der Waals surface area (Å²) in [4.78, 5) is 33.6. The molecular formula is C21H21N7O2. The average Bonchev–Trinajstić information content (AvgIpc) is 3.45. The van der Waals surface area contributed by atoms with Gasteiger partial charge in [0.05, 0.1) is 23.9 Å². The van der Waals surface area contributed by atoms with Crippen molar-refractivity contribution in [3.63, 3.8) is 0 Å². The lowest BCUT2D eigenvalue weighted by molar-refractivity contribution is -0.121. The molecule has 0 aliphatic heterocycles. The van der Waals surface area contributed by atoms with Crippen molar-refractivity contribution >= 4 is 16.9 Å². The fourth-order valence-electron chi connectivity index (χ4n) is 3.57. The van der Waals surface area contributed by atoms with Crippen molar-refractivity contribution in [1.82, 2.24) is 34.2 Å². The standard InChI is InChI=1S/C21H21N7O2/c29-19(13-26-14-24-17-5-1-2-6-18(17)26)23-10-11-27-21(30)28(16-7-8-16)20(25-27)15-4-3-9-22-12-15/h1-6,9,12,14,16H,7-8,10-11,13H2,(H,23,29). The van der Waals surface area contributed by atoms with Gasteiger partial charge in [0.2, 0.25) is 5.91 Å². The average molecular weight is 403 g/mol. The molecule has 0 saturated heterocycles. The van der Waals surface area contributed by atoms with Crippen LogP contribution < -0.4 is 11.0 Å². The summed E-state index contributed by atoms with van der Waals surface area (Å²) in [5, 5.41) is 7.38. The van der Waals surface area contributed by atoms with Gasteiger partial charge in [-0.2, -0.15) is 0 Å². The van der Waals surface area contributed by atoms with Crippen LogP contribution in [0.4, 0.5) is 0 Å². The van der Waals surface area contributed by atoms with E-state index in [9.17, 15) is 9.59 Å². The number of hydrogen-bond acceptors (Lipinski definition) is 5. The summed E-state index contributed by atoms with van der Waals surface area (Å²) in [6, 6.07) is 11.6. The summed E-state index contributed by atoms with van der Waals surface area (Å²) in [6.45, 7) is 0.800. The van der Waals surface area contributed by atoms with E-state index in [0.717, 1.165) is 29.4 Å². The number of fused-ring (bicyclic) bond motifs is 1. The summed E-state index contributed by atoms with van der Waals surface area (Å²) in [5.41, 5.74) is 2.43. The third-order valence-electron chi connectivity index (χ3n) is 5.19. The van der Waals surface area contributed by atoms with E-state index in [0.29, 0.717) is 18.9 Å². The van der Waals surface area contributed by atoms with E-state index in [1.165, 1.54) is 4.68 Å². The quantitative estimate of drug-likeness (QED) is 0.505. The number of nitrogens with one attached hydrogen (secondary N) is 1. The molecule has 0 bridgehead atoms. The Morgan fingerprint density at radius 2 is 2.03 bits per heavy atom. The van der Waals surface area contributed by atoms with Gasteiger partial charge in [-0.05, 0) is 37.1 Å². The first-order valence-electron chi connectivity index (χ1n) is 9.97. The SMILES string of the molecule is O=C(Cn1cnc2ccccc21)NCCn1nc(-c2cccnc2)n(C2CC2)c1=O. The zero-order valence-corrected chi connectivity index (χ0v) is 16.3. The van der Waals surface area contributed by atoms with Gasteiger partial charge in [0.1, 0.15) is 6.54 Å². The molecule has 5 rings (SSSR count). The summed E-state index contributed by atoms with van der Waals surface area (Å²) >= 11 is 0. The van der Waals surface area contributed by atoms with Gasteiger partial charge in [-0.1, -0.05) is 12.1 Å². The third-order valence-corrected chi connectivity index (χ3v) is 5.19. The molecule has 152 valence electrons. The van der Waals surface area contributed by atoms with Gasteiger partial charge in [-0.3, -0.25) is 14.3 Å². The number of para-hydroxylation sites is 2. The Kier molecular flexibility index (Phi) is 4.62. The number of benzene rings is 1. The zero-order valence-electron chi connectivity index (χ0n) is 16.3. The van der Waals surface area contributed by atoms with Crippen LogP contribution in [0.25, 0.3) is 22.4 Å². The second-order valence-electron chi connectivity index (χ2n) is 7.38. The van der Waals surface area contributed by atoms with Crippen LogP contribution in [-0.2, 0) is 17.9 Å². The molecule has 1 aromatic carbocycles. The lowest BCUT2D eigenvalue weighted by Crippen LogP contribution is -2.33. The highest BCUT2D eigenvalue weighted by molar-refractivity contribution is 5.80. The zero-order chi connectivity index (χ0) is 20.5. The molecule has 1 saturated carbocycles. The Bertz CT molecular complexity index is 1250. The van der Waals surface area contributed by atoms with Crippen LogP contribution in [0.2, 0.25) is 0 Å². The molecular weight excluding hydrogens is 382 g/mol. The fraction of sp³-hybridized carbons (Fsp3) is 0.286. The highest BCUT2D eigenvalue weighted by Gasteiger charge is 2.30. The Balaban J connectivity index is 1.26. The summed E-state index contributed by atoms with van der Waals surface area (Å²) < 4.78 is 4.98. The minimum absolute atomic E-state index is 0.139. The molecule has 1 N–H and O–H groups in total. The highest BCUT2D eigenvalue weighted by atomic mass is 16.2. The molecule has 9 nitrogen and oxygen atoms in total. The predicted octanol–water partition coefficient (Wildman–Crippen LogP) is 1.61. The lowest BCUT2D eigenvalue weighted by Gasteiger charge is -2.06. The molecule has 3 aromatic heterocycles. The molecule has 0 radical (unpaired) electrons. The van der Waals surface area contributed by atoms with Crippen molar-refractivity contribution in [2.75, 3.05) is 6.54 Å². The maximum absolute atomic E-state index is 12.8. The molecule has 1 aliphatic rings. The van der Waals surface area contributed by atoms with Crippen LogP contribution in [0.1, 0.15) is 18.9 Å². The second kappa shape index (κ2) is 7.58. The first kappa shape index (κ1) is 18.3. The van der Waals surface area contributed by atoms with E-state index < -0.39 is 0 Å². The molecule has 1 fully saturated rings. The van der Waals surface area contributed by atoms with E-state index in [2.05, 4.69) is 20.4 Å². The maximum atomic E-state index is 12.8. The predicted molar refractivity (Wildman–Crippen MR) is 111 cm³/mol. The van der Waals surface area contributed by atoms with Crippen LogP contribution in [0, 0.1) is 0 Å². The monoisotopic (exact) mass is 403 g/mol. The van der Waals surface area contributed by atoms with E-state index >= 15 is 0 Å². The fourth-order valence-corrected chi connectivity index (χ4v) is 3.57. The molecule has 0 spiro atoms. The Labute approximate surface area is 172 Å². The molecule has 4 aromatic rings. The van der Waals surface area contributed by atoms with Gasteiger partial charge in [-0.25, -0.2) is 14.5 Å². The summed E-state index contributed by atoms with van der Waals surface area (Å²) in [7, 11) is 0. The van der Waals surface area contributed by atoms with Crippen molar-refractivity contribution in [3.05, 3.63) is 65.6 Å². The van der Waals surface area contributed by atoms with Gasteiger partial charge >= 0.3 is 5.69 Å². The maximum Gasteiger partial charge on any atom is 0.346 e. The number of pyridine rings is 1. The van der Waals surface area contributed by atoms with E-state index in [1.807, 2.05) is 36.4 Å². The molecule has 0 unspecified atom stereocenters. The normalized spacial score (nSPS) is 13.6. The third kappa shape index (κ3) is 3.49. The van der Waals surface area contributed by atoms with Crippen LogP contribution in [-0.4, -0.2) is 41.3 Å². The molecule has 3 heterocycles. The number of nitrogens with zero attached hydrogens (tertiary/aromatic N) is 6. The van der Waals surface area contributed by atoms with Gasteiger partial charge < -0.3 is 9.88 Å². The molecule has 0 atom stereocenters. The van der Waals surface area contributed by atoms with Crippen LogP contribution in [0.15, 0.2) is 59.9 Å². The van der Waals surface area contributed by atoms with Crippen molar-refractivity contribution in [2.24, 2.45) is 0 Å². The smallest absolute Gasteiger partial charge is 0.346 e. The summed E-state index contributed by atoms with van der Waals surface area (Å²) in [6.07, 6.45) is 7.02. The number of rotatable bonds is 7. The van der Waals surface area contributed by atoms with Crippen molar-refractivity contribution in [3.8, 4) is 11.4 Å². The first-order valence-corrected chi connectivity index (χ1v) is 9.97. The highest BCUT2D eigenvalue weighted by Crippen LogP contribution is 2.36. The van der Waals surface area contributed by atoms with Crippen molar-refractivity contribution < 1.29 is 4.79 Å². The number of carbonyl (C=O) groups excluding carboxylic acids is 1. The minimum atomic E-state index is -0.147. The molecule has 1 aliphatic carbocycles. The van der Waals surface area contributed by atoms with E-state index in [-0.39, 0.29) is 24.2 Å². The van der Waals surface area contributed by atoms with Crippen LogP contribution in [0.5, 0.6) is 0 Å². The summed E-state index contributed by atoms with van der Waals surface area (Å²) in [5.74, 6) is 0.493. The lowest BCUT2D eigenvalue weighted by atomic mass is 10.3. The Morgan fingerprint density at radius 3 is 2.83 bits per heavy atom. The first-order chi connectivity index (χ1) is 14.7. The number of amides is 1. The number of imidazole rings is 1. The Hall–Kier alpha value is -3.75. The van der Waals surface area contributed by atoms with E-state index in [1.54, 1.807) is 27.9 Å². The Morgan fingerprint density at radius 1 is 1.17 bits per heavy atom. The largest absolute Gasteiger partial charge is 0.353 e. The van der Waals surface area contributed by atoms with Gasteiger partial charge in [0.25, 0.3) is 0 Å². The number of hydrogen-bond donors (Lipinski definition) is 1. The van der Waals surface area contributed by atoms with Gasteiger partial charge in [0.15, 0.2) is 5.82 Å². The molecule has 30 heavy (non-hydrogen) atoms. The molecule has 9 heteroatoms. The van der Waals surface area contributed by atoms with E-state index in [4.69, 9.17) is 0 Å². The van der Waals surface area contributed by atoms with Gasteiger partial charge in [0, 0.05) is 30.5 Å².